The number of aromatic nitrogens is 2. The second kappa shape index (κ2) is 7.25. The number of aromatic carboxylic acids is 1. The van der Waals surface area contributed by atoms with Crippen LogP contribution in [0.1, 0.15) is 26.4 Å². The minimum Gasteiger partial charge on any atom is -0.476 e. The van der Waals surface area contributed by atoms with Gasteiger partial charge in [-0.15, -0.1) is 0 Å². The highest BCUT2D eigenvalue weighted by Gasteiger charge is 2.27. The Morgan fingerprint density at radius 2 is 1.96 bits per heavy atom. The molecule has 132 valence electrons. The van der Waals surface area contributed by atoms with E-state index in [4.69, 9.17) is 11.6 Å². The molecule has 3 rings (SSSR count). The number of carboxylic acid groups (broad SMARTS) is 1. The van der Waals surface area contributed by atoms with Gasteiger partial charge in [-0.25, -0.2) is 4.79 Å². The summed E-state index contributed by atoms with van der Waals surface area (Å²) in [6.45, 7) is 3.32. The van der Waals surface area contributed by atoms with E-state index in [0.29, 0.717) is 18.1 Å². The lowest BCUT2D eigenvalue weighted by atomic mass is 10.1. The standard InChI is InChI=1S/C17H19ClN4O3/c1-20-11-14(15(19-20)17(24)25)16(23)22-7-5-21(6-8-22)10-12-3-2-4-13(18)9-12/h2-4,9,11H,5-8,10H2,1H3,(H,24,25). The fraction of sp³-hybridized carbons (Fsp3) is 0.353. The monoisotopic (exact) mass is 362 g/mol. The summed E-state index contributed by atoms with van der Waals surface area (Å²) in [6, 6.07) is 7.73. The second-order valence-electron chi connectivity index (χ2n) is 6.07. The highest BCUT2D eigenvalue weighted by atomic mass is 35.5. The Kier molecular flexibility index (Phi) is 5.06. The van der Waals surface area contributed by atoms with Crippen molar-refractivity contribution in [1.82, 2.24) is 19.6 Å². The first kappa shape index (κ1) is 17.4. The van der Waals surface area contributed by atoms with Gasteiger partial charge >= 0.3 is 5.97 Å². The van der Waals surface area contributed by atoms with Crippen LogP contribution in [0, 0.1) is 0 Å². The van der Waals surface area contributed by atoms with E-state index in [1.807, 2.05) is 24.3 Å². The van der Waals surface area contributed by atoms with Gasteiger partial charge in [0.1, 0.15) is 0 Å². The topological polar surface area (TPSA) is 78.7 Å². The predicted octanol–water partition coefficient (Wildman–Crippen LogP) is 1.73. The Morgan fingerprint density at radius 1 is 1.24 bits per heavy atom. The molecule has 1 aromatic heterocycles. The number of carbonyl (C=O) groups is 2. The SMILES string of the molecule is Cn1cc(C(=O)N2CCN(Cc3cccc(Cl)c3)CC2)c(C(=O)O)n1. The van der Waals surface area contributed by atoms with Crippen LogP contribution >= 0.6 is 11.6 Å². The van der Waals surface area contributed by atoms with Crippen molar-refractivity contribution in [2.75, 3.05) is 26.2 Å². The van der Waals surface area contributed by atoms with Crippen molar-refractivity contribution < 1.29 is 14.7 Å². The van der Waals surface area contributed by atoms with E-state index in [9.17, 15) is 14.7 Å². The number of carbonyl (C=O) groups excluding carboxylic acids is 1. The average Bonchev–Trinajstić information content (AvgIpc) is 2.97. The lowest BCUT2D eigenvalue weighted by Crippen LogP contribution is -2.48. The molecule has 0 radical (unpaired) electrons. The first-order chi connectivity index (χ1) is 11.9. The summed E-state index contributed by atoms with van der Waals surface area (Å²) in [5.41, 5.74) is 1.07. The number of carboxylic acids is 1. The van der Waals surface area contributed by atoms with Crippen LogP contribution in [0.5, 0.6) is 0 Å². The molecule has 8 heteroatoms. The number of benzene rings is 1. The molecule has 2 heterocycles. The number of halogens is 1. The molecule has 2 aromatic rings. The third-order valence-electron chi connectivity index (χ3n) is 4.22. The van der Waals surface area contributed by atoms with Gasteiger partial charge in [0.05, 0.1) is 5.56 Å². The summed E-state index contributed by atoms with van der Waals surface area (Å²) in [4.78, 5) is 27.8. The Labute approximate surface area is 150 Å². The first-order valence-electron chi connectivity index (χ1n) is 7.97. The third-order valence-corrected chi connectivity index (χ3v) is 4.45. The maximum atomic E-state index is 12.6. The van der Waals surface area contributed by atoms with Crippen LogP contribution in [0.4, 0.5) is 0 Å². The Balaban J connectivity index is 1.62. The number of hydrogen-bond donors (Lipinski definition) is 1. The fourth-order valence-corrected chi connectivity index (χ4v) is 3.19. The second-order valence-corrected chi connectivity index (χ2v) is 6.50. The molecule has 1 aliphatic heterocycles. The third kappa shape index (κ3) is 4.00. The van der Waals surface area contributed by atoms with E-state index in [-0.39, 0.29) is 17.2 Å². The zero-order valence-electron chi connectivity index (χ0n) is 13.9. The fourth-order valence-electron chi connectivity index (χ4n) is 2.98. The van der Waals surface area contributed by atoms with E-state index in [1.165, 1.54) is 10.9 Å². The molecule has 1 saturated heterocycles. The quantitative estimate of drug-likeness (QED) is 0.896. The predicted molar refractivity (Wildman–Crippen MR) is 92.8 cm³/mol. The van der Waals surface area contributed by atoms with E-state index in [2.05, 4.69) is 10.00 Å². The molecule has 1 aliphatic rings. The molecular weight excluding hydrogens is 344 g/mol. The van der Waals surface area contributed by atoms with Gasteiger partial charge in [0.2, 0.25) is 0 Å². The number of rotatable bonds is 4. The van der Waals surface area contributed by atoms with Crippen LogP contribution in [0.25, 0.3) is 0 Å². The van der Waals surface area contributed by atoms with Gasteiger partial charge in [-0.05, 0) is 17.7 Å². The number of piperazine rings is 1. The zero-order chi connectivity index (χ0) is 18.0. The van der Waals surface area contributed by atoms with Gasteiger partial charge in [-0.3, -0.25) is 14.4 Å². The Bertz CT molecular complexity index is 797. The van der Waals surface area contributed by atoms with Crippen molar-refractivity contribution in [3.05, 3.63) is 52.3 Å². The van der Waals surface area contributed by atoms with Crippen LogP contribution in [0.3, 0.4) is 0 Å². The molecule has 0 saturated carbocycles. The lowest BCUT2D eigenvalue weighted by molar-refractivity contribution is 0.0608. The molecule has 25 heavy (non-hydrogen) atoms. The molecule has 0 atom stereocenters. The van der Waals surface area contributed by atoms with E-state index in [1.54, 1.807) is 11.9 Å². The van der Waals surface area contributed by atoms with Crippen molar-refractivity contribution in [3.8, 4) is 0 Å². The first-order valence-corrected chi connectivity index (χ1v) is 8.35. The van der Waals surface area contributed by atoms with Gasteiger partial charge in [-0.1, -0.05) is 23.7 Å². The number of nitrogens with zero attached hydrogens (tertiary/aromatic N) is 4. The van der Waals surface area contributed by atoms with Crippen molar-refractivity contribution >= 4 is 23.5 Å². The Morgan fingerprint density at radius 3 is 2.60 bits per heavy atom. The number of amides is 1. The van der Waals surface area contributed by atoms with Crippen LogP contribution in [0.2, 0.25) is 5.02 Å². The van der Waals surface area contributed by atoms with E-state index in [0.717, 1.165) is 25.2 Å². The molecule has 0 spiro atoms. The van der Waals surface area contributed by atoms with Crippen molar-refractivity contribution in [2.45, 2.75) is 6.54 Å². The number of aryl methyl sites for hydroxylation is 1. The maximum absolute atomic E-state index is 12.6. The van der Waals surface area contributed by atoms with Crippen LogP contribution in [-0.2, 0) is 13.6 Å². The van der Waals surface area contributed by atoms with E-state index < -0.39 is 5.97 Å². The Hall–Kier alpha value is -2.38. The van der Waals surface area contributed by atoms with Crippen LogP contribution in [0.15, 0.2) is 30.5 Å². The van der Waals surface area contributed by atoms with Crippen LogP contribution < -0.4 is 0 Å². The smallest absolute Gasteiger partial charge is 0.357 e. The maximum Gasteiger partial charge on any atom is 0.357 e. The molecule has 0 bridgehead atoms. The molecular formula is C17H19ClN4O3. The lowest BCUT2D eigenvalue weighted by Gasteiger charge is -2.34. The molecule has 1 fully saturated rings. The molecule has 1 N–H and O–H groups in total. The summed E-state index contributed by atoms with van der Waals surface area (Å²) >= 11 is 6.01. The minimum absolute atomic E-state index is 0.137. The molecule has 1 amide bonds. The van der Waals surface area contributed by atoms with Crippen molar-refractivity contribution in [2.24, 2.45) is 7.05 Å². The summed E-state index contributed by atoms with van der Waals surface area (Å²) in [7, 11) is 1.60. The molecule has 1 aromatic carbocycles. The molecule has 7 nitrogen and oxygen atoms in total. The highest BCUT2D eigenvalue weighted by molar-refractivity contribution is 6.30. The van der Waals surface area contributed by atoms with E-state index >= 15 is 0 Å². The van der Waals surface area contributed by atoms with Gasteiger partial charge in [0.25, 0.3) is 5.91 Å². The van der Waals surface area contributed by atoms with Crippen molar-refractivity contribution in [3.63, 3.8) is 0 Å². The summed E-state index contributed by atoms with van der Waals surface area (Å²) in [6.07, 6.45) is 1.46. The minimum atomic E-state index is -1.19. The normalized spacial score (nSPS) is 15.4. The average molecular weight is 363 g/mol. The van der Waals surface area contributed by atoms with Gasteiger partial charge < -0.3 is 10.0 Å². The van der Waals surface area contributed by atoms with Gasteiger partial charge in [0, 0.05) is 51.0 Å². The summed E-state index contributed by atoms with van der Waals surface area (Å²) in [5.74, 6) is -1.48. The van der Waals surface area contributed by atoms with Crippen molar-refractivity contribution in [1.29, 1.82) is 0 Å². The van der Waals surface area contributed by atoms with Gasteiger partial charge in [0.15, 0.2) is 5.69 Å². The molecule has 0 unspecified atom stereocenters. The summed E-state index contributed by atoms with van der Waals surface area (Å²) < 4.78 is 1.35. The zero-order valence-corrected chi connectivity index (χ0v) is 14.6. The largest absolute Gasteiger partial charge is 0.476 e. The number of hydrogen-bond acceptors (Lipinski definition) is 4. The van der Waals surface area contributed by atoms with Crippen LogP contribution in [-0.4, -0.2) is 62.7 Å². The molecule has 0 aliphatic carbocycles. The summed E-state index contributed by atoms with van der Waals surface area (Å²) in [5, 5.41) is 13.8. The highest BCUT2D eigenvalue weighted by Crippen LogP contribution is 2.16. The van der Waals surface area contributed by atoms with Gasteiger partial charge in [-0.2, -0.15) is 5.10 Å².